The minimum atomic E-state index is 0.326. The first-order valence-corrected chi connectivity index (χ1v) is 6.88. The van der Waals surface area contributed by atoms with Gasteiger partial charge in [-0.05, 0) is 31.8 Å². The van der Waals surface area contributed by atoms with Gasteiger partial charge in [0.25, 0.3) is 0 Å². The van der Waals surface area contributed by atoms with Crippen LogP contribution in [0, 0.1) is 5.92 Å². The van der Waals surface area contributed by atoms with Gasteiger partial charge in [0.1, 0.15) is 17.3 Å². The van der Waals surface area contributed by atoms with Crippen LogP contribution < -0.4 is 5.32 Å². The highest BCUT2D eigenvalue weighted by molar-refractivity contribution is 6.30. The van der Waals surface area contributed by atoms with Gasteiger partial charge in [0.05, 0.1) is 0 Å². The highest BCUT2D eigenvalue weighted by Crippen LogP contribution is 2.28. The van der Waals surface area contributed by atoms with Crippen LogP contribution in [0.2, 0.25) is 5.15 Å². The Morgan fingerprint density at radius 3 is 2.89 bits per heavy atom. The summed E-state index contributed by atoms with van der Waals surface area (Å²) in [6.07, 6.45) is 2.77. The molecular formula is C13H21ClN4. The summed E-state index contributed by atoms with van der Waals surface area (Å²) in [5.41, 5.74) is 1.02. The van der Waals surface area contributed by atoms with E-state index < -0.39 is 0 Å². The van der Waals surface area contributed by atoms with E-state index in [4.69, 9.17) is 11.6 Å². The zero-order valence-electron chi connectivity index (χ0n) is 11.3. The molecule has 1 unspecified atom stereocenters. The molecule has 18 heavy (non-hydrogen) atoms. The number of likely N-dealkylation sites (tertiary alicyclic amines) is 1. The second-order valence-electron chi connectivity index (χ2n) is 5.38. The summed E-state index contributed by atoms with van der Waals surface area (Å²) in [5.74, 6) is 1.91. The molecule has 0 radical (unpaired) electrons. The van der Waals surface area contributed by atoms with E-state index in [2.05, 4.69) is 41.1 Å². The van der Waals surface area contributed by atoms with Gasteiger partial charge in [-0.3, -0.25) is 0 Å². The summed E-state index contributed by atoms with van der Waals surface area (Å²) >= 11 is 6.14. The van der Waals surface area contributed by atoms with E-state index in [-0.39, 0.29) is 0 Å². The predicted molar refractivity (Wildman–Crippen MR) is 75.2 cm³/mol. The van der Waals surface area contributed by atoms with Gasteiger partial charge in [0.2, 0.25) is 0 Å². The fourth-order valence-corrected chi connectivity index (χ4v) is 2.81. The van der Waals surface area contributed by atoms with Crippen molar-refractivity contribution in [3.8, 4) is 0 Å². The Labute approximate surface area is 114 Å². The Kier molecular flexibility index (Phi) is 4.40. The minimum Gasteiger partial charge on any atom is -0.369 e. The fraction of sp³-hybridized carbons (Fsp3) is 0.692. The van der Waals surface area contributed by atoms with Gasteiger partial charge < -0.3 is 10.2 Å². The van der Waals surface area contributed by atoms with Crippen molar-refractivity contribution in [2.75, 3.05) is 32.0 Å². The number of aromatic nitrogens is 2. The third-order valence-electron chi connectivity index (χ3n) is 3.46. The Hall–Kier alpha value is -0.870. The van der Waals surface area contributed by atoms with Crippen molar-refractivity contribution in [1.29, 1.82) is 0 Å². The van der Waals surface area contributed by atoms with Crippen molar-refractivity contribution in [2.45, 2.75) is 26.2 Å². The SMILES string of the molecule is CC(C)c1c(Cl)ncnc1NCC1CCN(C)C1. The van der Waals surface area contributed by atoms with Crippen LogP contribution in [0.25, 0.3) is 0 Å². The lowest BCUT2D eigenvalue weighted by atomic mass is 10.1. The Bertz CT molecular complexity index is 408. The van der Waals surface area contributed by atoms with Gasteiger partial charge in [-0.25, -0.2) is 9.97 Å². The van der Waals surface area contributed by atoms with E-state index in [1.807, 2.05) is 0 Å². The monoisotopic (exact) mass is 268 g/mol. The lowest BCUT2D eigenvalue weighted by Crippen LogP contribution is -2.20. The molecule has 4 nitrogen and oxygen atoms in total. The smallest absolute Gasteiger partial charge is 0.138 e. The average Bonchev–Trinajstić information content (AvgIpc) is 2.72. The van der Waals surface area contributed by atoms with Crippen LogP contribution >= 0.6 is 11.6 Å². The van der Waals surface area contributed by atoms with Gasteiger partial charge >= 0.3 is 0 Å². The molecule has 0 aliphatic carbocycles. The van der Waals surface area contributed by atoms with Crippen LogP contribution in [-0.4, -0.2) is 41.5 Å². The molecule has 0 spiro atoms. The molecule has 0 aromatic carbocycles. The van der Waals surface area contributed by atoms with Crippen molar-refractivity contribution in [2.24, 2.45) is 5.92 Å². The van der Waals surface area contributed by atoms with Crippen molar-refractivity contribution in [3.05, 3.63) is 17.0 Å². The summed E-state index contributed by atoms with van der Waals surface area (Å²) in [6, 6.07) is 0. The van der Waals surface area contributed by atoms with Crippen LogP contribution in [0.5, 0.6) is 0 Å². The summed E-state index contributed by atoms with van der Waals surface area (Å²) in [5, 5.41) is 4.00. The molecule has 1 N–H and O–H groups in total. The fourth-order valence-electron chi connectivity index (χ4n) is 2.46. The zero-order chi connectivity index (χ0) is 13.1. The average molecular weight is 269 g/mol. The van der Waals surface area contributed by atoms with E-state index in [1.165, 1.54) is 19.3 Å². The number of anilines is 1. The van der Waals surface area contributed by atoms with E-state index in [0.29, 0.717) is 17.0 Å². The molecule has 2 heterocycles. The summed E-state index contributed by atoms with van der Waals surface area (Å²) in [4.78, 5) is 10.7. The molecule has 2 rings (SSSR count). The van der Waals surface area contributed by atoms with Crippen LogP contribution in [-0.2, 0) is 0 Å². The number of nitrogens with zero attached hydrogens (tertiary/aromatic N) is 3. The minimum absolute atomic E-state index is 0.326. The molecule has 1 saturated heterocycles. The first-order valence-electron chi connectivity index (χ1n) is 6.50. The third kappa shape index (κ3) is 3.12. The summed E-state index contributed by atoms with van der Waals surface area (Å²) in [6.45, 7) is 7.52. The molecule has 5 heteroatoms. The number of hydrogen-bond donors (Lipinski definition) is 1. The molecule has 1 atom stereocenters. The molecule has 1 fully saturated rings. The maximum atomic E-state index is 6.14. The maximum Gasteiger partial charge on any atom is 0.138 e. The van der Waals surface area contributed by atoms with Crippen LogP contribution in [0.4, 0.5) is 5.82 Å². The second kappa shape index (κ2) is 5.85. The zero-order valence-corrected chi connectivity index (χ0v) is 12.0. The molecule has 100 valence electrons. The molecule has 0 saturated carbocycles. The van der Waals surface area contributed by atoms with Gasteiger partial charge in [-0.2, -0.15) is 0 Å². The largest absolute Gasteiger partial charge is 0.369 e. The number of nitrogens with one attached hydrogen (secondary N) is 1. The maximum absolute atomic E-state index is 6.14. The Morgan fingerprint density at radius 1 is 1.50 bits per heavy atom. The number of hydrogen-bond acceptors (Lipinski definition) is 4. The quantitative estimate of drug-likeness (QED) is 0.853. The Balaban J connectivity index is 2.03. The highest BCUT2D eigenvalue weighted by atomic mass is 35.5. The molecule has 1 aliphatic rings. The molecule has 1 aliphatic heterocycles. The number of rotatable bonds is 4. The van der Waals surface area contributed by atoms with E-state index in [9.17, 15) is 0 Å². The first kappa shape index (κ1) is 13.6. The van der Waals surface area contributed by atoms with Gasteiger partial charge in [0, 0.05) is 18.7 Å². The second-order valence-corrected chi connectivity index (χ2v) is 5.74. The standard InChI is InChI=1S/C13H21ClN4/c1-9(2)11-12(14)16-8-17-13(11)15-6-10-4-5-18(3)7-10/h8-10H,4-7H2,1-3H3,(H,15,16,17). The van der Waals surface area contributed by atoms with Crippen molar-refractivity contribution >= 4 is 17.4 Å². The summed E-state index contributed by atoms with van der Waals surface area (Å²) in [7, 11) is 2.17. The van der Waals surface area contributed by atoms with Crippen molar-refractivity contribution in [3.63, 3.8) is 0 Å². The van der Waals surface area contributed by atoms with E-state index >= 15 is 0 Å². The topological polar surface area (TPSA) is 41.1 Å². The van der Waals surface area contributed by atoms with Gasteiger partial charge in [0.15, 0.2) is 0 Å². The summed E-state index contributed by atoms with van der Waals surface area (Å²) < 4.78 is 0. The molecule has 1 aromatic heterocycles. The highest BCUT2D eigenvalue weighted by Gasteiger charge is 2.20. The first-order chi connectivity index (χ1) is 8.58. The normalized spacial score (nSPS) is 20.6. The lowest BCUT2D eigenvalue weighted by Gasteiger charge is -2.16. The van der Waals surface area contributed by atoms with E-state index in [0.717, 1.165) is 24.5 Å². The number of halogens is 1. The van der Waals surface area contributed by atoms with Crippen LogP contribution in [0.3, 0.4) is 0 Å². The molecule has 1 aromatic rings. The molecular weight excluding hydrogens is 248 g/mol. The molecule has 0 amide bonds. The van der Waals surface area contributed by atoms with Crippen molar-refractivity contribution < 1.29 is 0 Å². The van der Waals surface area contributed by atoms with Crippen molar-refractivity contribution in [1.82, 2.24) is 14.9 Å². The lowest BCUT2D eigenvalue weighted by molar-refractivity contribution is 0.399. The predicted octanol–water partition coefficient (Wildman–Crippen LogP) is 2.62. The van der Waals surface area contributed by atoms with Crippen LogP contribution in [0.1, 0.15) is 31.7 Å². The van der Waals surface area contributed by atoms with E-state index in [1.54, 1.807) is 0 Å². The van der Waals surface area contributed by atoms with Crippen LogP contribution in [0.15, 0.2) is 6.33 Å². The Morgan fingerprint density at radius 2 is 2.28 bits per heavy atom. The third-order valence-corrected chi connectivity index (χ3v) is 3.76. The van der Waals surface area contributed by atoms with Gasteiger partial charge in [-0.15, -0.1) is 0 Å². The van der Waals surface area contributed by atoms with Gasteiger partial charge in [-0.1, -0.05) is 25.4 Å². The molecule has 0 bridgehead atoms.